The minimum absolute atomic E-state index is 0.211. The van der Waals surface area contributed by atoms with E-state index in [1.807, 2.05) is 45.0 Å². The van der Waals surface area contributed by atoms with Crippen LogP contribution < -0.4 is 5.32 Å². The van der Waals surface area contributed by atoms with Crippen molar-refractivity contribution >= 4 is 17.6 Å². The van der Waals surface area contributed by atoms with E-state index in [1.165, 1.54) is 5.56 Å². The first kappa shape index (κ1) is 20.6. The zero-order valence-corrected chi connectivity index (χ0v) is 17.0. The molecule has 3 rings (SSSR count). The Balaban J connectivity index is 1.61. The minimum atomic E-state index is -0.479. The summed E-state index contributed by atoms with van der Waals surface area (Å²) < 4.78 is 5.40. The molecule has 1 N–H and O–H groups in total. The number of fused-ring (bicyclic) bond motifs is 1. The SMILES string of the molecule is CC(C)(C)OC(=O)CN1CCc2cc(NC(=O)c3ccc(C#N)cc3)ccc2C1. The number of benzene rings is 2. The van der Waals surface area contributed by atoms with Crippen molar-refractivity contribution < 1.29 is 14.3 Å². The fraction of sp³-hybridized carbons (Fsp3) is 0.348. The number of anilines is 1. The molecule has 150 valence electrons. The predicted octanol–water partition coefficient (Wildman–Crippen LogP) is 3.51. The van der Waals surface area contributed by atoms with Gasteiger partial charge in [-0.2, -0.15) is 5.26 Å². The van der Waals surface area contributed by atoms with Crippen LogP contribution in [0, 0.1) is 11.3 Å². The van der Waals surface area contributed by atoms with Crippen LogP contribution in [-0.4, -0.2) is 35.5 Å². The third-order valence-corrected chi connectivity index (χ3v) is 4.60. The molecule has 1 heterocycles. The number of hydrogen-bond acceptors (Lipinski definition) is 5. The molecule has 0 atom stereocenters. The highest BCUT2D eigenvalue weighted by molar-refractivity contribution is 6.04. The summed E-state index contributed by atoms with van der Waals surface area (Å²) in [5.41, 5.74) is 3.60. The van der Waals surface area contributed by atoms with Crippen LogP contribution in [0.3, 0.4) is 0 Å². The number of carbonyl (C=O) groups excluding carboxylic acids is 2. The van der Waals surface area contributed by atoms with E-state index >= 15 is 0 Å². The first-order chi connectivity index (χ1) is 13.7. The number of nitrogens with one attached hydrogen (secondary N) is 1. The lowest BCUT2D eigenvalue weighted by Crippen LogP contribution is -2.38. The van der Waals surface area contributed by atoms with Gasteiger partial charge in [0.2, 0.25) is 0 Å². The summed E-state index contributed by atoms with van der Waals surface area (Å²) in [6.45, 7) is 7.31. The van der Waals surface area contributed by atoms with Crippen LogP contribution in [0.25, 0.3) is 0 Å². The summed E-state index contributed by atoms with van der Waals surface area (Å²) in [5.74, 6) is -0.427. The quantitative estimate of drug-likeness (QED) is 0.807. The van der Waals surface area contributed by atoms with E-state index in [-0.39, 0.29) is 18.4 Å². The van der Waals surface area contributed by atoms with Gasteiger partial charge in [-0.1, -0.05) is 6.07 Å². The van der Waals surface area contributed by atoms with E-state index in [0.717, 1.165) is 24.2 Å². The number of esters is 1. The Morgan fingerprint density at radius 2 is 1.86 bits per heavy atom. The van der Waals surface area contributed by atoms with Crippen molar-refractivity contribution in [1.82, 2.24) is 4.90 Å². The Bertz CT molecular complexity index is 953. The highest BCUT2D eigenvalue weighted by atomic mass is 16.6. The summed E-state index contributed by atoms with van der Waals surface area (Å²) in [7, 11) is 0. The Kier molecular flexibility index (Phi) is 6.00. The first-order valence-corrected chi connectivity index (χ1v) is 9.61. The van der Waals surface area contributed by atoms with Crippen LogP contribution in [0.1, 0.15) is 47.8 Å². The van der Waals surface area contributed by atoms with Gasteiger partial charge >= 0.3 is 5.97 Å². The Morgan fingerprint density at radius 3 is 2.52 bits per heavy atom. The molecule has 2 aromatic carbocycles. The number of nitriles is 1. The van der Waals surface area contributed by atoms with E-state index in [1.54, 1.807) is 24.3 Å². The first-order valence-electron chi connectivity index (χ1n) is 9.61. The molecule has 1 amide bonds. The Labute approximate surface area is 171 Å². The van der Waals surface area contributed by atoms with Gasteiger partial charge in [-0.3, -0.25) is 14.5 Å². The standard InChI is InChI=1S/C23H25N3O3/c1-23(2,3)29-21(27)15-26-11-10-18-12-20(9-8-19(18)14-26)25-22(28)17-6-4-16(13-24)5-7-17/h4-9,12H,10-11,14-15H2,1-3H3,(H,25,28). The average molecular weight is 391 g/mol. The normalized spacial score (nSPS) is 13.9. The number of carbonyl (C=O) groups is 2. The van der Waals surface area contributed by atoms with Crippen molar-refractivity contribution in [3.63, 3.8) is 0 Å². The van der Waals surface area contributed by atoms with E-state index in [2.05, 4.69) is 10.2 Å². The highest BCUT2D eigenvalue weighted by Crippen LogP contribution is 2.23. The van der Waals surface area contributed by atoms with Crippen LogP contribution in [0.2, 0.25) is 0 Å². The van der Waals surface area contributed by atoms with Crippen molar-refractivity contribution in [3.8, 4) is 6.07 Å². The summed E-state index contributed by atoms with van der Waals surface area (Å²) >= 11 is 0. The number of nitrogens with zero attached hydrogens (tertiary/aromatic N) is 2. The van der Waals surface area contributed by atoms with Gasteiger partial charge in [0.25, 0.3) is 5.91 Å². The maximum atomic E-state index is 12.4. The number of rotatable bonds is 4. The molecule has 0 aromatic heterocycles. The molecule has 6 nitrogen and oxygen atoms in total. The molecule has 1 aliphatic heterocycles. The van der Waals surface area contributed by atoms with E-state index in [9.17, 15) is 9.59 Å². The summed E-state index contributed by atoms with van der Waals surface area (Å²) in [6, 6.07) is 14.4. The molecule has 0 radical (unpaired) electrons. The average Bonchev–Trinajstić information content (AvgIpc) is 2.66. The van der Waals surface area contributed by atoms with Gasteiger partial charge in [0.1, 0.15) is 5.60 Å². The van der Waals surface area contributed by atoms with Gasteiger partial charge in [-0.05, 0) is 74.7 Å². The van der Waals surface area contributed by atoms with Crippen LogP contribution in [0.4, 0.5) is 5.69 Å². The van der Waals surface area contributed by atoms with Gasteiger partial charge in [0.15, 0.2) is 0 Å². The van der Waals surface area contributed by atoms with Crippen molar-refractivity contribution in [2.75, 3.05) is 18.4 Å². The fourth-order valence-corrected chi connectivity index (χ4v) is 3.28. The van der Waals surface area contributed by atoms with Crippen LogP contribution in [0.15, 0.2) is 42.5 Å². The molecule has 0 fully saturated rings. The molecular weight excluding hydrogens is 366 g/mol. The number of amides is 1. The fourth-order valence-electron chi connectivity index (χ4n) is 3.28. The van der Waals surface area contributed by atoms with Crippen molar-refractivity contribution in [3.05, 3.63) is 64.7 Å². The van der Waals surface area contributed by atoms with Gasteiger partial charge < -0.3 is 10.1 Å². The van der Waals surface area contributed by atoms with Crippen molar-refractivity contribution in [1.29, 1.82) is 5.26 Å². The summed E-state index contributed by atoms with van der Waals surface area (Å²) in [6.07, 6.45) is 0.804. The second kappa shape index (κ2) is 8.46. The van der Waals surface area contributed by atoms with Gasteiger partial charge in [0.05, 0.1) is 18.2 Å². The minimum Gasteiger partial charge on any atom is -0.459 e. The van der Waals surface area contributed by atoms with Crippen LogP contribution in [-0.2, 0) is 22.5 Å². The molecule has 29 heavy (non-hydrogen) atoms. The molecule has 0 saturated carbocycles. The second-order valence-electron chi connectivity index (χ2n) is 8.17. The molecule has 0 bridgehead atoms. The van der Waals surface area contributed by atoms with E-state index < -0.39 is 5.60 Å². The van der Waals surface area contributed by atoms with E-state index in [4.69, 9.17) is 10.00 Å². The molecule has 1 aliphatic rings. The summed E-state index contributed by atoms with van der Waals surface area (Å²) in [4.78, 5) is 26.6. The van der Waals surface area contributed by atoms with Crippen LogP contribution in [0.5, 0.6) is 0 Å². The highest BCUT2D eigenvalue weighted by Gasteiger charge is 2.22. The largest absolute Gasteiger partial charge is 0.459 e. The lowest BCUT2D eigenvalue weighted by molar-refractivity contribution is -0.156. The molecular formula is C23H25N3O3. The topological polar surface area (TPSA) is 82.4 Å². The third kappa shape index (κ3) is 5.66. The maximum Gasteiger partial charge on any atom is 0.320 e. The van der Waals surface area contributed by atoms with Gasteiger partial charge in [-0.25, -0.2) is 0 Å². The molecule has 0 unspecified atom stereocenters. The molecule has 0 spiro atoms. The lowest BCUT2D eigenvalue weighted by atomic mass is 9.99. The monoisotopic (exact) mass is 391 g/mol. The smallest absolute Gasteiger partial charge is 0.320 e. The zero-order valence-electron chi connectivity index (χ0n) is 17.0. The van der Waals surface area contributed by atoms with E-state index in [0.29, 0.717) is 17.7 Å². The van der Waals surface area contributed by atoms with Gasteiger partial charge in [0, 0.05) is 24.3 Å². The summed E-state index contributed by atoms with van der Waals surface area (Å²) in [5, 5.41) is 11.8. The number of ether oxygens (including phenoxy) is 1. The van der Waals surface area contributed by atoms with Gasteiger partial charge in [-0.15, -0.1) is 0 Å². The number of hydrogen-bond donors (Lipinski definition) is 1. The third-order valence-electron chi connectivity index (χ3n) is 4.60. The Morgan fingerprint density at radius 1 is 1.14 bits per heavy atom. The molecule has 2 aromatic rings. The molecule has 0 saturated heterocycles. The molecule has 6 heteroatoms. The Hall–Kier alpha value is -3.17. The molecule has 0 aliphatic carbocycles. The maximum absolute atomic E-state index is 12.4. The second-order valence-corrected chi connectivity index (χ2v) is 8.17. The van der Waals surface area contributed by atoms with Crippen molar-refractivity contribution in [2.24, 2.45) is 0 Å². The van der Waals surface area contributed by atoms with Crippen molar-refractivity contribution in [2.45, 2.75) is 39.3 Å². The predicted molar refractivity (Wildman–Crippen MR) is 110 cm³/mol. The lowest BCUT2D eigenvalue weighted by Gasteiger charge is -2.29. The van der Waals surface area contributed by atoms with Crippen LogP contribution >= 0.6 is 0 Å². The zero-order chi connectivity index (χ0) is 21.0.